The van der Waals surface area contributed by atoms with E-state index in [1.807, 2.05) is 0 Å². The van der Waals surface area contributed by atoms with Gasteiger partial charge in [-0.15, -0.1) is 0 Å². The van der Waals surface area contributed by atoms with E-state index in [1.165, 1.54) is 37.9 Å². The summed E-state index contributed by atoms with van der Waals surface area (Å²) in [5, 5.41) is 0. The number of nitrogens with zero attached hydrogens (tertiary/aromatic N) is 1. The lowest BCUT2D eigenvalue weighted by molar-refractivity contribution is 0.142. The van der Waals surface area contributed by atoms with Crippen LogP contribution >= 0.6 is 0 Å². The van der Waals surface area contributed by atoms with E-state index in [2.05, 4.69) is 49.1 Å². The third-order valence-electron chi connectivity index (χ3n) is 4.67. The topological polar surface area (TPSA) is 29.3 Å². The van der Waals surface area contributed by atoms with Gasteiger partial charge in [0.1, 0.15) is 0 Å². The van der Waals surface area contributed by atoms with Gasteiger partial charge in [-0.1, -0.05) is 50.6 Å². The molecule has 2 N–H and O–H groups in total. The van der Waals surface area contributed by atoms with E-state index in [9.17, 15) is 0 Å². The highest BCUT2D eigenvalue weighted by Crippen LogP contribution is 2.27. The molecule has 0 aromatic heterocycles. The molecule has 1 aromatic rings. The molecule has 106 valence electrons. The Morgan fingerprint density at radius 3 is 2.68 bits per heavy atom. The number of hydrogen-bond donors (Lipinski definition) is 1. The summed E-state index contributed by atoms with van der Waals surface area (Å²) in [6.07, 6.45) is 4.05. The molecule has 2 unspecified atom stereocenters. The molecule has 1 aliphatic heterocycles. The number of rotatable bonds is 5. The Hall–Kier alpha value is -0.860. The maximum atomic E-state index is 6.10. The zero-order chi connectivity index (χ0) is 13.7. The highest BCUT2D eigenvalue weighted by molar-refractivity contribution is 5.25. The monoisotopic (exact) mass is 260 g/mol. The highest BCUT2D eigenvalue weighted by atomic mass is 15.1. The van der Waals surface area contributed by atoms with Gasteiger partial charge in [-0.3, -0.25) is 0 Å². The predicted molar refractivity (Wildman–Crippen MR) is 82.3 cm³/mol. The largest absolute Gasteiger partial charge is 0.330 e. The highest BCUT2D eigenvalue weighted by Gasteiger charge is 2.29. The van der Waals surface area contributed by atoms with Crippen LogP contribution in [0, 0.1) is 5.92 Å². The Morgan fingerprint density at radius 2 is 2.05 bits per heavy atom. The Kier molecular flexibility index (Phi) is 5.00. The zero-order valence-corrected chi connectivity index (χ0v) is 12.4. The van der Waals surface area contributed by atoms with Crippen LogP contribution in [0.5, 0.6) is 0 Å². The van der Waals surface area contributed by atoms with Crippen LogP contribution in [0.4, 0.5) is 0 Å². The van der Waals surface area contributed by atoms with Crippen molar-refractivity contribution in [1.82, 2.24) is 4.90 Å². The lowest BCUT2D eigenvalue weighted by Crippen LogP contribution is -2.47. The lowest BCUT2D eigenvalue weighted by Gasteiger charge is -2.39. The second-order valence-electron chi connectivity index (χ2n) is 6.28. The number of hydrogen-bond acceptors (Lipinski definition) is 2. The molecule has 2 atom stereocenters. The molecular formula is C17H28N2. The maximum absolute atomic E-state index is 6.10. The van der Waals surface area contributed by atoms with Crippen molar-refractivity contribution in [2.45, 2.75) is 38.5 Å². The number of likely N-dealkylation sites (tertiary alicyclic amines) is 1. The molecule has 0 amide bonds. The molecule has 0 radical (unpaired) electrons. The van der Waals surface area contributed by atoms with E-state index in [-0.39, 0.29) is 5.41 Å². The fourth-order valence-electron chi connectivity index (χ4n) is 3.24. The fourth-order valence-corrected chi connectivity index (χ4v) is 3.24. The average Bonchev–Trinajstić information content (AvgIpc) is 2.48. The van der Waals surface area contributed by atoms with Crippen LogP contribution < -0.4 is 5.73 Å². The van der Waals surface area contributed by atoms with Gasteiger partial charge in [-0.05, 0) is 30.9 Å². The quantitative estimate of drug-likeness (QED) is 0.882. The first-order valence-corrected chi connectivity index (χ1v) is 7.66. The van der Waals surface area contributed by atoms with Gasteiger partial charge in [0.2, 0.25) is 0 Å². The lowest BCUT2D eigenvalue weighted by atomic mass is 9.81. The SMILES string of the molecule is CCC1CCCN(CC(C)(CN)c2ccccc2)C1. The third-order valence-corrected chi connectivity index (χ3v) is 4.67. The summed E-state index contributed by atoms with van der Waals surface area (Å²) in [6, 6.07) is 10.7. The van der Waals surface area contributed by atoms with E-state index in [1.54, 1.807) is 0 Å². The molecular weight excluding hydrogens is 232 g/mol. The molecule has 2 nitrogen and oxygen atoms in total. The minimum absolute atomic E-state index is 0.0802. The van der Waals surface area contributed by atoms with Gasteiger partial charge in [-0.2, -0.15) is 0 Å². The number of benzene rings is 1. The number of nitrogens with two attached hydrogens (primary N) is 1. The molecule has 0 aliphatic carbocycles. The van der Waals surface area contributed by atoms with Crippen molar-refractivity contribution in [2.75, 3.05) is 26.2 Å². The van der Waals surface area contributed by atoms with Crippen molar-refractivity contribution >= 4 is 0 Å². The summed E-state index contributed by atoms with van der Waals surface area (Å²) in [4.78, 5) is 2.62. The summed E-state index contributed by atoms with van der Waals surface area (Å²) in [5.41, 5.74) is 7.55. The van der Waals surface area contributed by atoms with Gasteiger partial charge in [0.15, 0.2) is 0 Å². The molecule has 1 heterocycles. The molecule has 1 aromatic carbocycles. The van der Waals surface area contributed by atoms with Crippen molar-refractivity contribution in [3.63, 3.8) is 0 Å². The smallest absolute Gasteiger partial charge is 0.0174 e. The number of piperidine rings is 1. The Balaban J connectivity index is 2.06. The van der Waals surface area contributed by atoms with Crippen LogP contribution in [0.1, 0.15) is 38.7 Å². The summed E-state index contributed by atoms with van der Waals surface area (Å²) < 4.78 is 0. The fraction of sp³-hybridized carbons (Fsp3) is 0.647. The van der Waals surface area contributed by atoms with E-state index in [0.29, 0.717) is 6.54 Å². The van der Waals surface area contributed by atoms with Crippen molar-refractivity contribution < 1.29 is 0 Å². The van der Waals surface area contributed by atoms with Crippen LogP contribution in [0.25, 0.3) is 0 Å². The first-order chi connectivity index (χ1) is 9.18. The molecule has 2 rings (SSSR count). The van der Waals surface area contributed by atoms with Crippen LogP contribution in [-0.2, 0) is 5.41 Å². The summed E-state index contributed by atoms with van der Waals surface area (Å²) in [7, 11) is 0. The van der Waals surface area contributed by atoms with Gasteiger partial charge in [-0.25, -0.2) is 0 Å². The second kappa shape index (κ2) is 6.53. The maximum Gasteiger partial charge on any atom is 0.0174 e. The van der Waals surface area contributed by atoms with E-state index < -0.39 is 0 Å². The van der Waals surface area contributed by atoms with Crippen molar-refractivity contribution in [2.24, 2.45) is 11.7 Å². The average molecular weight is 260 g/mol. The molecule has 0 spiro atoms. The molecule has 1 fully saturated rings. The van der Waals surface area contributed by atoms with E-state index in [0.717, 1.165) is 12.5 Å². The molecule has 0 bridgehead atoms. The van der Waals surface area contributed by atoms with E-state index in [4.69, 9.17) is 5.73 Å². The summed E-state index contributed by atoms with van der Waals surface area (Å²) in [5.74, 6) is 0.881. The van der Waals surface area contributed by atoms with Gasteiger partial charge in [0.05, 0.1) is 0 Å². The first-order valence-electron chi connectivity index (χ1n) is 7.66. The van der Waals surface area contributed by atoms with Gasteiger partial charge >= 0.3 is 0 Å². The third kappa shape index (κ3) is 3.58. The van der Waals surface area contributed by atoms with E-state index >= 15 is 0 Å². The molecule has 1 aliphatic rings. The summed E-state index contributed by atoms with van der Waals surface area (Å²) in [6.45, 7) is 8.90. The van der Waals surface area contributed by atoms with Gasteiger partial charge in [0.25, 0.3) is 0 Å². The Morgan fingerprint density at radius 1 is 1.32 bits per heavy atom. The van der Waals surface area contributed by atoms with Gasteiger partial charge in [0, 0.05) is 25.0 Å². The van der Waals surface area contributed by atoms with Crippen LogP contribution in [0.15, 0.2) is 30.3 Å². The van der Waals surface area contributed by atoms with Crippen LogP contribution in [0.3, 0.4) is 0 Å². The van der Waals surface area contributed by atoms with Crippen molar-refractivity contribution in [3.8, 4) is 0 Å². The Bertz CT molecular complexity index is 376. The van der Waals surface area contributed by atoms with Crippen molar-refractivity contribution in [1.29, 1.82) is 0 Å². The Labute approximate surface area is 118 Å². The zero-order valence-electron chi connectivity index (χ0n) is 12.4. The standard InChI is InChI=1S/C17H28N2/c1-3-15-8-7-11-19(12-15)14-17(2,13-18)16-9-5-4-6-10-16/h4-6,9-10,15H,3,7-8,11-14,18H2,1-2H3. The summed E-state index contributed by atoms with van der Waals surface area (Å²) >= 11 is 0. The van der Waals surface area contributed by atoms with Crippen molar-refractivity contribution in [3.05, 3.63) is 35.9 Å². The second-order valence-corrected chi connectivity index (χ2v) is 6.28. The molecule has 19 heavy (non-hydrogen) atoms. The van der Waals surface area contributed by atoms with Gasteiger partial charge < -0.3 is 10.6 Å². The predicted octanol–water partition coefficient (Wildman–Crippen LogP) is 3.03. The van der Waals surface area contributed by atoms with Crippen LogP contribution in [-0.4, -0.2) is 31.1 Å². The van der Waals surface area contributed by atoms with Crippen LogP contribution in [0.2, 0.25) is 0 Å². The minimum Gasteiger partial charge on any atom is -0.330 e. The normalized spacial score (nSPS) is 24.1. The minimum atomic E-state index is 0.0802. The molecule has 0 saturated carbocycles. The molecule has 2 heteroatoms. The first kappa shape index (κ1) is 14.5. The molecule has 1 saturated heterocycles.